The number of nitrogens with zero attached hydrogens (tertiary/aromatic N) is 2. The summed E-state index contributed by atoms with van der Waals surface area (Å²) in [6.45, 7) is 4.24. The Morgan fingerprint density at radius 1 is 1.67 bits per heavy atom. The predicted octanol–water partition coefficient (Wildman–Crippen LogP) is -0.125. The molecule has 0 bridgehead atoms. The lowest BCUT2D eigenvalue weighted by Gasteiger charge is -2.13. The van der Waals surface area contributed by atoms with Gasteiger partial charge in [0.2, 0.25) is 0 Å². The number of rotatable bonds is 7. The van der Waals surface area contributed by atoms with Gasteiger partial charge in [-0.2, -0.15) is 5.10 Å². The van der Waals surface area contributed by atoms with Crippen LogP contribution in [0.1, 0.15) is 24.9 Å². The second kappa shape index (κ2) is 6.55. The van der Waals surface area contributed by atoms with Gasteiger partial charge in [-0.3, -0.25) is 4.68 Å². The number of aromatic nitrogens is 2. The molecule has 1 heterocycles. The molecule has 1 unspecified atom stereocenters. The Labute approximate surface area is 90.3 Å². The molecular weight excluding hydrogens is 192 g/mol. The Hall–Kier alpha value is -0.910. The van der Waals surface area contributed by atoms with Crippen molar-refractivity contribution in [3.63, 3.8) is 0 Å². The number of aliphatic hydroxyl groups excluding tert-OH is 1. The van der Waals surface area contributed by atoms with E-state index in [1.54, 1.807) is 0 Å². The van der Waals surface area contributed by atoms with Crippen LogP contribution in [0.25, 0.3) is 0 Å². The van der Waals surface area contributed by atoms with Crippen LogP contribution in [0.15, 0.2) is 12.4 Å². The van der Waals surface area contributed by atoms with Crippen molar-refractivity contribution in [3.8, 4) is 0 Å². The van der Waals surface area contributed by atoms with E-state index in [2.05, 4.69) is 17.3 Å². The lowest BCUT2D eigenvalue weighted by atomic mass is 10.1. The smallest absolute Gasteiger partial charge is 0.0556 e. The van der Waals surface area contributed by atoms with Gasteiger partial charge in [0.15, 0.2) is 0 Å². The van der Waals surface area contributed by atoms with E-state index in [0.717, 1.165) is 18.5 Å². The van der Waals surface area contributed by atoms with Crippen LogP contribution in [0.5, 0.6) is 0 Å². The van der Waals surface area contributed by atoms with Gasteiger partial charge in [-0.05, 0) is 6.42 Å². The first-order valence-corrected chi connectivity index (χ1v) is 5.38. The Morgan fingerprint density at radius 3 is 3.07 bits per heavy atom. The van der Waals surface area contributed by atoms with Gasteiger partial charge >= 0.3 is 0 Å². The fourth-order valence-electron chi connectivity index (χ4n) is 1.49. The average Bonchev–Trinajstić information content (AvgIpc) is 2.68. The normalized spacial score (nSPS) is 13.0. The summed E-state index contributed by atoms with van der Waals surface area (Å²) in [4.78, 5) is 0. The van der Waals surface area contributed by atoms with Crippen LogP contribution in [-0.2, 0) is 6.54 Å². The molecule has 0 radical (unpaired) electrons. The van der Waals surface area contributed by atoms with Crippen LogP contribution in [0, 0.1) is 0 Å². The number of nitrogens with one attached hydrogen (secondary N) is 1. The zero-order valence-electron chi connectivity index (χ0n) is 9.19. The third kappa shape index (κ3) is 3.62. The van der Waals surface area contributed by atoms with Crippen molar-refractivity contribution in [2.75, 3.05) is 19.7 Å². The lowest BCUT2D eigenvalue weighted by Crippen LogP contribution is -2.30. The fourth-order valence-corrected chi connectivity index (χ4v) is 1.49. The summed E-state index contributed by atoms with van der Waals surface area (Å²) >= 11 is 0. The molecule has 4 N–H and O–H groups in total. The van der Waals surface area contributed by atoms with Gasteiger partial charge in [-0.1, -0.05) is 6.92 Å². The second-order valence-electron chi connectivity index (χ2n) is 3.50. The highest BCUT2D eigenvalue weighted by Crippen LogP contribution is 2.10. The summed E-state index contributed by atoms with van der Waals surface area (Å²) in [6, 6.07) is 0.0859. The molecule has 1 aromatic heterocycles. The van der Waals surface area contributed by atoms with Crippen LogP contribution >= 0.6 is 0 Å². The molecule has 1 rings (SSSR count). The summed E-state index contributed by atoms with van der Waals surface area (Å²) in [5.74, 6) is 0. The first-order chi connectivity index (χ1) is 7.31. The second-order valence-corrected chi connectivity index (χ2v) is 3.50. The number of hydrogen-bond acceptors (Lipinski definition) is 4. The summed E-state index contributed by atoms with van der Waals surface area (Å²) in [7, 11) is 0. The van der Waals surface area contributed by atoms with E-state index in [4.69, 9.17) is 10.8 Å². The molecule has 15 heavy (non-hydrogen) atoms. The molecule has 1 atom stereocenters. The highest BCUT2D eigenvalue weighted by molar-refractivity contribution is 5.10. The average molecular weight is 212 g/mol. The minimum absolute atomic E-state index is 0.0859. The van der Waals surface area contributed by atoms with Crippen LogP contribution < -0.4 is 11.1 Å². The molecule has 0 aliphatic rings. The van der Waals surface area contributed by atoms with Crippen molar-refractivity contribution < 1.29 is 5.11 Å². The summed E-state index contributed by atoms with van der Waals surface area (Å²) in [5, 5.41) is 16.1. The van der Waals surface area contributed by atoms with Gasteiger partial charge in [-0.25, -0.2) is 0 Å². The maximum Gasteiger partial charge on any atom is 0.0556 e. The lowest BCUT2D eigenvalue weighted by molar-refractivity contribution is 0.285. The Kier molecular flexibility index (Phi) is 5.31. The molecule has 0 saturated carbocycles. The number of aryl methyl sites for hydroxylation is 1. The van der Waals surface area contributed by atoms with E-state index in [0.29, 0.717) is 13.1 Å². The quantitative estimate of drug-likeness (QED) is 0.589. The van der Waals surface area contributed by atoms with E-state index in [-0.39, 0.29) is 12.6 Å². The van der Waals surface area contributed by atoms with Gasteiger partial charge in [0.1, 0.15) is 0 Å². The fraction of sp³-hybridized carbons (Fsp3) is 0.700. The largest absolute Gasteiger partial charge is 0.395 e. The topological polar surface area (TPSA) is 76.1 Å². The molecule has 0 aliphatic carbocycles. The molecule has 0 aromatic carbocycles. The first-order valence-electron chi connectivity index (χ1n) is 5.38. The minimum Gasteiger partial charge on any atom is -0.395 e. The third-order valence-electron chi connectivity index (χ3n) is 2.25. The first kappa shape index (κ1) is 12.2. The van der Waals surface area contributed by atoms with E-state index in [9.17, 15) is 0 Å². The van der Waals surface area contributed by atoms with Gasteiger partial charge < -0.3 is 16.2 Å². The van der Waals surface area contributed by atoms with E-state index < -0.39 is 0 Å². The Bertz CT molecular complexity index is 274. The van der Waals surface area contributed by atoms with Crippen molar-refractivity contribution >= 4 is 0 Å². The summed E-state index contributed by atoms with van der Waals surface area (Å²) < 4.78 is 1.92. The zero-order valence-corrected chi connectivity index (χ0v) is 9.19. The van der Waals surface area contributed by atoms with E-state index in [1.807, 2.05) is 17.1 Å². The Morgan fingerprint density at radius 2 is 2.47 bits per heavy atom. The molecule has 5 nitrogen and oxygen atoms in total. The number of hydrogen-bond donors (Lipinski definition) is 3. The van der Waals surface area contributed by atoms with E-state index in [1.165, 1.54) is 0 Å². The van der Waals surface area contributed by atoms with Gasteiger partial charge in [0.05, 0.1) is 12.8 Å². The molecule has 0 spiro atoms. The van der Waals surface area contributed by atoms with Gasteiger partial charge in [0.25, 0.3) is 0 Å². The molecule has 86 valence electrons. The van der Waals surface area contributed by atoms with Crippen molar-refractivity contribution in [1.29, 1.82) is 0 Å². The van der Waals surface area contributed by atoms with Crippen LogP contribution in [-0.4, -0.2) is 34.6 Å². The van der Waals surface area contributed by atoms with E-state index >= 15 is 0 Å². The van der Waals surface area contributed by atoms with Crippen molar-refractivity contribution in [2.24, 2.45) is 5.73 Å². The van der Waals surface area contributed by atoms with Crippen LogP contribution in [0.3, 0.4) is 0 Å². The van der Waals surface area contributed by atoms with Gasteiger partial charge in [-0.15, -0.1) is 0 Å². The molecular formula is C10H20N4O. The van der Waals surface area contributed by atoms with Crippen molar-refractivity contribution in [2.45, 2.75) is 25.9 Å². The summed E-state index contributed by atoms with van der Waals surface area (Å²) in [5.41, 5.74) is 6.73. The van der Waals surface area contributed by atoms with Crippen molar-refractivity contribution in [1.82, 2.24) is 15.1 Å². The summed E-state index contributed by atoms with van der Waals surface area (Å²) in [6.07, 6.45) is 4.90. The molecule has 0 saturated heterocycles. The van der Waals surface area contributed by atoms with Gasteiger partial charge in [0, 0.05) is 37.4 Å². The molecule has 0 aliphatic heterocycles. The third-order valence-corrected chi connectivity index (χ3v) is 2.25. The molecule has 0 amide bonds. The number of nitrogens with two attached hydrogens (primary N) is 1. The maximum atomic E-state index is 8.72. The Balaban J connectivity index is 2.57. The standard InChI is InChI=1S/C10H20N4O/c1-2-4-14-8-9(7-13-14)10(6-11)12-3-5-15/h7-8,10,12,15H,2-6,11H2,1H3. The molecule has 5 heteroatoms. The zero-order chi connectivity index (χ0) is 11.1. The highest BCUT2D eigenvalue weighted by atomic mass is 16.3. The van der Waals surface area contributed by atoms with Crippen LogP contribution in [0.4, 0.5) is 0 Å². The van der Waals surface area contributed by atoms with Crippen molar-refractivity contribution in [3.05, 3.63) is 18.0 Å². The molecule has 1 aromatic rings. The predicted molar refractivity (Wildman–Crippen MR) is 59.4 cm³/mol. The monoisotopic (exact) mass is 212 g/mol. The SMILES string of the molecule is CCCn1cc(C(CN)NCCO)cn1. The maximum absolute atomic E-state index is 8.72. The highest BCUT2D eigenvalue weighted by Gasteiger charge is 2.10. The molecule has 0 fully saturated rings. The minimum atomic E-state index is 0.0859. The van der Waals surface area contributed by atoms with Crippen LogP contribution in [0.2, 0.25) is 0 Å². The number of aliphatic hydroxyl groups is 1.